The monoisotopic (exact) mass is 225 g/mol. The molecule has 1 atom stereocenters. The zero-order valence-electron chi connectivity index (χ0n) is 8.38. The maximum Gasteiger partial charge on any atom is 0.356 e. The fraction of sp³-hybridized carbons (Fsp3) is 0.444. The molecule has 0 bridgehead atoms. The van der Waals surface area contributed by atoms with Crippen molar-refractivity contribution in [2.45, 2.75) is 25.6 Å². The lowest BCUT2D eigenvalue weighted by Crippen LogP contribution is -2.35. The van der Waals surface area contributed by atoms with Crippen LogP contribution >= 0.6 is 0 Å². The van der Waals surface area contributed by atoms with Gasteiger partial charge in [0, 0.05) is 12.7 Å². The molecule has 1 aromatic rings. The van der Waals surface area contributed by atoms with E-state index in [1.807, 2.05) is 0 Å². The number of imidazole rings is 1. The first-order valence-corrected chi connectivity index (χ1v) is 4.83. The SMILES string of the molecule is O=C(O)c1cn2c(n1)CNC(C(=O)O)CC2. The molecule has 0 spiro atoms. The highest BCUT2D eigenvalue weighted by Gasteiger charge is 2.23. The molecule has 1 aromatic heterocycles. The minimum atomic E-state index is -1.07. The molecule has 0 radical (unpaired) electrons. The largest absolute Gasteiger partial charge is 0.480 e. The van der Waals surface area contributed by atoms with Crippen LogP contribution in [-0.2, 0) is 17.9 Å². The van der Waals surface area contributed by atoms with Crippen LogP contribution in [0.25, 0.3) is 0 Å². The summed E-state index contributed by atoms with van der Waals surface area (Å²) >= 11 is 0. The lowest BCUT2D eigenvalue weighted by molar-refractivity contribution is -0.139. The molecule has 0 saturated carbocycles. The summed E-state index contributed by atoms with van der Waals surface area (Å²) < 4.78 is 1.68. The van der Waals surface area contributed by atoms with Gasteiger partial charge in [-0.2, -0.15) is 0 Å². The summed E-state index contributed by atoms with van der Waals surface area (Å²) in [6.45, 7) is 0.726. The Hall–Kier alpha value is -1.89. The Morgan fingerprint density at radius 1 is 1.50 bits per heavy atom. The summed E-state index contributed by atoms with van der Waals surface area (Å²) in [5.41, 5.74) is -0.00873. The van der Waals surface area contributed by atoms with Crippen LogP contribution in [0.15, 0.2) is 6.20 Å². The molecule has 0 fully saturated rings. The van der Waals surface area contributed by atoms with Gasteiger partial charge in [-0.1, -0.05) is 0 Å². The second-order valence-corrected chi connectivity index (χ2v) is 3.60. The molecule has 7 heteroatoms. The van der Waals surface area contributed by atoms with Gasteiger partial charge in [-0.3, -0.25) is 10.1 Å². The van der Waals surface area contributed by atoms with Crippen LogP contribution in [0, 0.1) is 0 Å². The van der Waals surface area contributed by atoms with Crippen molar-refractivity contribution >= 4 is 11.9 Å². The number of rotatable bonds is 2. The first kappa shape index (κ1) is 10.6. The van der Waals surface area contributed by atoms with Crippen molar-refractivity contribution in [3.8, 4) is 0 Å². The molecule has 3 N–H and O–H groups in total. The highest BCUT2D eigenvalue weighted by atomic mass is 16.4. The highest BCUT2D eigenvalue weighted by molar-refractivity contribution is 5.85. The quantitative estimate of drug-likeness (QED) is 0.628. The third-order valence-electron chi connectivity index (χ3n) is 2.54. The van der Waals surface area contributed by atoms with E-state index in [9.17, 15) is 9.59 Å². The number of hydrogen-bond acceptors (Lipinski definition) is 4. The molecule has 1 unspecified atom stereocenters. The molecule has 7 nitrogen and oxygen atoms in total. The Labute approximate surface area is 90.7 Å². The van der Waals surface area contributed by atoms with Crippen LogP contribution in [0.2, 0.25) is 0 Å². The Kier molecular flexibility index (Phi) is 2.61. The maximum absolute atomic E-state index is 10.8. The average Bonchev–Trinajstić information content (AvgIpc) is 2.52. The van der Waals surface area contributed by atoms with Gasteiger partial charge in [0.25, 0.3) is 0 Å². The summed E-state index contributed by atoms with van der Waals surface area (Å²) in [5.74, 6) is -1.42. The molecular weight excluding hydrogens is 214 g/mol. The van der Waals surface area contributed by atoms with E-state index in [0.717, 1.165) is 0 Å². The van der Waals surface area contributed by atoms with Crippen LogP contribution in [0.5, 0.6) is 0 Å². The predicted molar refractivity (Wildman–Crippen MR) is 52.1 cm³/mol. The van der Waals surface area contributed by atoms with Crippen molar-refractivity contribution in [3.63, 3.8) is 0 Å². The van der Waals surface area contributed by atoms with Gasteiger partial charge in [0.1, 0.15) is 11.9 Å². The summed E-state index contributed by atoms with van der Waals surface area (Å²) in [7, 11) is 0. The van der Waals surface area contributed by atoms with Crippen LogP contribution in [0.1, 0.15) is 22.7 Å². The number of fused-ring (bicyclic) bond motifs is 1. The number of aromatic nitrogens is 2. The minimum Gasteiger partial charge on any atom is -0.480 e. The molecule has 86 valence electrons. The normalized spacial score (nSPS) is 19.9. The van der Waals surface area contributed by atoms with Crippen molar-refractivity contribution in [2.75, 3.05) is 0 Å². The number of carboxylic acids is 2. The van der Waals surface area contributed by atoms with Crippen LogP contribution in [0.3, 0.4) is 0 Å². The van der Waals surface area contributed by atoms with E-state index in [2.05, 4.69) is 10.3 Å². The Balaban J connectivity index is 2.18. The molecule has 0 amide bonds. The Bertz CT molecular complexity index is 414. The van der Waals surface area contributed by atoms with Gasteiger partial charge in [0.05, 0.1) is 6.54 Å². The minimum absolute atomic E-state index is 0.00873. The first-order valence-electron chi connectivity index (χ1n) is 4.83. The number of nitrogens with zero attached hydrogens (tertiary/aromatic N) is 2. The molecule has 1 aliphatic rings. The number of aliphatic carboxylic acids is 1. The molecule has 0 aromatic carbocycles. The second-order valence-electron chi connectivity index (χ2n) is 3.60. The molecular formula is C9H11N3O4. The molecule has 0 saturated heterocycles. The van der Waals surface area contributed by atoms with Gasteiger partial charge in [0.15, 0.2) is 5.69 Å². The van der Waals surface area contributed by atoms with E-state index in [1.165, 1.54) is 6.20 Å². The molecule has 2 heterocycles. The van der Waals surface area contributed by atoms with Gasteiger partial charge in [-0.15, -0.1) is 0 Å². The van der Waals surface area contributed by atoms with E-state index in [0.29, 0.717) is 18.8 Å². The van der Waals surface area contributed by atoms with E-state index in [4.69, 9.17) is 10.2 Å². The number of carboxylic acid groups (broad SMARTS) is 2. The van der Waals surface area contributed by atoms with Crippen molar-refractivity contribution in [3.05, 3.63) is 17.7 Å². The van der Waals surface area contributed by atoms with Gasteiger partial charge >= 0.3 is 11.9 Å². The molecule has 1 aliphatic heterocycles. The van der Waals surface area contributed by atoms with Crippen molar-refractivity contribution < 1.29 is 19.8 Å². The topological polar surface area (TPSA) is 104 Å². The van der Waals surface area contributed by atoms with E-state index in [1.54, 1.807) is 4.57 Å². The van der Waals surface area contributed by atoms with Crippen molar-refractivity contribution in [1.29, 1.82) is 0 Å². The second kappa shape index (κ2) is 3.93. The van der Waals surface area contributed by atoms with E-state index < -0.39 is 18.0 Å². The van der Waals surface area contributed by atoms with Gasteiger partial charge in [-0.05, 0) is 6.42 Å². The number of hydrogen-bond donors (Lipinski definition) is 3. The van der Waals surface area contributed by atoms with Crippen molar-refractivity contribution in [1.82, 2.24) is 14.9 Å². The zero-order chi connectivity index (χ0) is 11.7. The molecule has 2 rings (SSSR count). The summed E-state index contributed by atoms with van der Waals surface area (Å²) in [4.78, 5) is 25.4. The van der Waals surface area contributed by atoms with E-state index >= 15 is 0 Å². The molecule has 16 heavy (non-hydrogen) atoms. The van der Waals surface area contributed by atoms with Gasteiger partial charge in [0.2, 0.25) is 0 Å². The lowest BCUT2D eigenvalue weighted by Gasteiger charge is -2.08. The first-order chi connectivity index (χ1) is 7.58. The summed E-state index contributed by atoms with van der Waals surface area (Å²) in [6.07, 6.45) is 1.85. The van der Waals surface area contributed by atoms with Crippen LogP contribution in [-0.4, -0.2) is 37.7 Å². The number of nitrogens with one attached hydrogen (secondary N) is 1. The standard InChI is InChI=1S/C9H11N3O4/c13-8(14)5-1-2-12-4-6(9(15)16)11-7(12)3-10-5/h4-5,10H,1-3H2,(H,13,14)(H,15,16). The Morgan fingerprint density at radius 2 is 2.25 bits per heavy atom. The van der Waals surface area contributed by atoms with Crippen molar-refractivity contribution in [2.24, 2.45) is 0 Å². The predicted octanol–water partition coefficient (Wildman–Crippen LogP) is -0.472. The van der Waals surface area contributed by atoms with Gasteiger partial charge < -0.3 is 14.8 Å². The van der Waals surface area contributed by atoms with Gasteiger partial charge in [-0.25, -0.2) is 9.78 Å². The fourth-order valence-electron chi connectivity index (χ4n) is 1.69. The zero-order valence-corrected chi connectivity index (χ0v) is 8.38. The summed E-state index contributed by atoms with van der Waals surface area (Å²) in [6, 6.07) is -0.602. The third-order valence-corrected chi connectivity index (χ3v) is 2.54. The van der Waals surface area contributed by atoms with Crippen LogP contribution < -0.4 is 5.32 Å². The lowest BCUT2D eigenvalue weighted by atomic mass is 10.2. The molecule has 0 aliphatic carbocycles. The maximum atomic E-state index is 10.8. The fourth-order valence-corrected chi connectivity index (χ4v) is 1.69. The average molecular weight is 225 g/mol. The number of aromatic carboxylic acids is 1. The van der Waals surface area contributed by atoms with E-state index in [-0.39, 0.29) is 12.2 Å². The number of aryl methyl sites for hydroxylation is 1. The summed E-state index contributed by atoms with van der Waals surface area (Å²) in [5, 5.41) is 20.4. The van der Waals surface area contributed by atoms with Crippen LogP contribution in [0.4, 0.5) is 0 Å². The smallest absolute Gasteiger partial charge is 0.356 e. The Morgan fingerprint density at radius 3 is 2.88 bits per heavy atom. The third kappa shape index (κ3) is 1.89. The number of carbonyl (C=O) groups is 2. The highest BCUT2D eigenvalue weighted by Crippen LogP contribution is 2.10.